The zero-order valence-electron chi connectivity index (χ0n) is 11.1. The molecule has 0 fully saturated rings. The van der Waals surface area contributed by atoms with Crippen molar-refractivity contribution in [3.63, 3.8) is 0 Å². The van der Waals surface area contributed by atoms with Gasteiger partial charge in [0, 0.05) is 11.8 Å². The Hall–Kier alpha value is -3.08. The molecule has 5 heteroatoms. The molecule has 1 amide bonds. The molecule has 0 aliphatic rings. The Kier molecular flexibility index (Phi) is 3.39. The van der Waals surface area contributed by atoms with Gasteiger partial charge < -0.3 is 10.5 Å². The van der Waals surface area contributed by atoms with E-state index in [-0.39, 0.29) is 0 Å². The second kappa shape index (κ2) is 5.50. The lowest BCUT2D eigenvalue weighted by atomic mass is 10.1. The average Bonchev–Trinajstić information content (AvgIpc) is 3.02. The molecular weight excluding hydrogens is 266 g/mol. The van der Waals surface area contributed by atoms with Crippen LogP contribution in [0.3, 0.4) is 0 Å². The van der Waals surface area contributed by atoms with Crippen LogP contribution in [-0.2, 0) is 0 Å². The molecule has 104 valence electrons. The highest BCUT2D eigenvalue weighted by Gasteiger charge is 2.12. The maximum absolute atomic E-state index is 11.5. The Bertz CT molecular complexity index is 752. The van der Waals surface area contributed by atoms with Crippen LogP contribution in [0.2, 0.25) is 0 Å². The largest absolute Gasteiger partial charge is 0.457 e. The molecule has 5 nitrogen and oxygen atoms in total. The second-order valence-corrected chi connectivity index (χ2v) is 4.48. The van der Waals surface area contributed by atoms with Gasteiger partial charge in [0.2, 0.25) is 0 Å². The number of primary amides is 1. The quantitative estimate of drug-likeness (QED) is 0.770. The van der Waals surface area contributed by atoms with Gasteiger partial charge in [0.1, 0.15) is 11.5 Å². The van der Waals surface area contributed by atoms with Crippen molar-refractivity contribution in [3.05, 3.63) is 66.5 Å². The van der Waals surface area contributed by atoms with Crippen LogP contribution in [0.15, 0.2) is 60.9 Å². The maximum atomic E-state index is 11.5. The minimum Gasteiger partial charge on any atom is -0.457 e. The van der Waals surface area contributed by atoms with E-state index >= 15 is 0 Å². The van der Waals surface area contributed by atoms with Gasteiger partial charge in [-0.1, -0.05) is 24.3 Å². The van der Waals surface area contributed by atoms with E-state index in [0.717, 1.165) is 11.1 Å². The van der Waals surface area contributed by atoms with Gasteiger partial charge in [-0.3, -0.25) is 9.89 Å². The standard InChI is InChI=1S/C16H13N3O2/c17-16(20)14-7-6-11(12-9-18-19-10-12)8-15(14)21-13-4-2-1-3-5-13/h1-10H,(H2,17,20)(H,18,19). The number of nitrogens with one attached hydrogen (secondary N) is 1. The highest BCUT2D eigenvalue weighted by molar-refractivity contribution is 5.96. The van der Waals surface area contributed by atoms with Crippen molar-refractivity contribution >= 4 is 5.91 Å². The number of amides is 1. The van der Waals surface area contributed by atoms with Crippen LogP contribution in [0.4, 0.5) is 0 Å². The fraction of sp³-hybridized carbons (Fsp3) is 0. The summed E-state index contributed by atoms with van der Waals surface area (Å²) in [7, 11) is 0. The summed E-state index contributed by atoms with van der Waals surface area (Å²) in [5.74, 6) is 0.538. The van der Waals surface area contributed by atoms with Gasteiger partial charge in [0.05, 0.1) is 11.8 Å². The molecule has 1 aromatic heterocycles. The third-order valence-electron chi connectivity index (χ3n) is 3.05. The summed E-state index contributed by atoms with van der Waals surface area (Å²) in [5, 5.41) is 6.66. The number of aromatic amines is 1. The predicted octanol–water partition coefficient (Wildman–Crippen LogP) is 2.97. The molecule has 0 unspecified atom stereocenters. The van der Waals surface area contributed by atoms with Gasteiger partial charge in [0.15, 0.2) is 0 Å². The van der Waals surface area contributed by atoms with Crippen LogP contribution in [-0.4, -0.2) is 16.1 Å². The molecule has 0 spiro atoms. The zero-order valence-corrected chi connectivity index (χ0v) is 11.1. The summed E-state index contributed by atoms with van der Waals surface area (Å²) < 4.78 is 5.78. The average molecular weight is 279 g/mol. The highest BCUT2D eigenvalue weighted by Crippen LogP contribution is 2.30. The molecule has 0 radical (unpaired) electrons. The number of hydrogen-bond donors (Lipinski definition) is 2. The lowest BCUT2D eigenvalue weighted by Gasteiger charge is -2.10. The molecular formula is C16H13N3O2. The van der Waals surface area contributed by atoms with Crippen molar-refractivity contribution in [2.45, 2.75) is 0 Å². The number of carbonyl (C=O) groups excluding carboxylic acids is 1. The van der Waals surface area contributed by atoms with E-state index in [4.69, 9.17) is 10.5 Å². The van der Waals surface area contributed by atoms with Gasteiger partial charge in [-0.2, -0.15) is 5.10 Å². The number of carbonyl (C=O) groups is 1. The zero-order chi connectivity index (χ0) is 14.7. The number of para-hydroxylation sites is 1. The van der Waals surface area contributed by atoms with Crippen LogP contribution < -0.4 is 10.5 Å². The Morgan fingerprint density at radius 3 is 2.57 bits per heavy atom. The smallest absolute Gasteiger partial charge is 0.252 e. The molecule has 2 aromatic carbocycles. The van der Waals surface area contributed by atoms with Crippen molar-refractivity contribution in [1.29, 1.82) is 0 Å². The summed E-state index contributed by atoms with van der Waals surface area (Å²) >= 11 is 0. The normalized spacial score (nSPS) is 10.3. The van der Waals surface area contributed by atoms with Crippen molar-refractivity contribution in [2.24, 2.45) is 5.73 Å². The van der Waals surface area contributed by atoms with E-state index in [9.17, 15) is 4.79 Å². The lowest BCUT2D eigenvalue weighted by molar-refractivity contribution is 0.0998. The van der Waals surface area contributed by atoms with Crippen LogP contribution >= 0.6 is 0 Å². The molecule has 3 N–H and O–H groups in total. The summed E-state index contributed by atoms with van der Waals surface area (Å²) in [6.07, 6.45) is 3.47. The number of ether oxygens (including phenoxy) is 1. The first-order valence-corrected chi connectivity index (χ1v) is 6.40. The van der Waals surface area contributed by atoms with E-state index in [1.54, 1.807) is 24.5 Å². The molecule has 0 saturated carbocycles. The molecule has 0 aliphatic carbocycles. The maximum Gasteiger partial charge on any atom is 0.252 e. The fourth-order valence-corrected chi connectivity index (χ4v) is 2.01. The first kappa shape index (κ1) is 12.9. The number of aromatic nitrogens is 2. The van der Waals surface area contributed by atoms with Crippen molar-refractivity contribution < 1.29 is 9.53 Å². The van der Waals surface area contributed by atoms with Crippen molar-refractivity contribution in [2.75, 3.05) is 0 Å². The molecule has 1 heterocycles. The van der Waals surface area contributed by atoms with Crippen LogP contribution in [0.1, 0.15) is 10.4 Å². The van der Waals surface area contributed by atoms with Gasteiger partial charge in [-0.15, -0.1) is 0 Å². The highest BCUT2D eigenvalue weighted by atomic mass is 16.5. The molecule has 0 aliphatic heterocycles. The van der Waals surface area contributed by atoms with Gasteiger partial charge >= 0.3 is 0 Å². The molecule has 0 atom stereocenters. The summed E-state index contributed by atoms with van der Waals surface area (Å²) in [5.41, 5.74) is 7.53. The van der Waals surface area contributed by atoms with Crippen molar-refractivity contribution in [3.8, 4) is 22.6 Å². The van der Waals surface area contributed by atoms with E-state index in [0.29, 0.717) is 17.1 Å². The minimum atomic E-state index is -0.528. The Morgan fingerprint density at radius 1 is 1.10 bits per heavy atom. The topological polar surface area (TPSA) is 81.0 Å². The Morgan fingerprint density at radius 2 is 1.90 bits per heavy atom. The van der Waals surface area contributed by atoms with E-state index in [2.05, 4.69) is 10.2 Å². The lowest BCUT2D eigenvalue weighted by Crippen LogP contribution is -2.12. The molecule has 3 aromatic rings. The number of hydrogen-bond acceptors (Lipinski definition) is 3. The summed E-state index contributed by atoms with van der Waals surface area (Å²) in [6, 6.07) is 14.5. The summed E-state index contributed by atoms with van der Waals surface area (Å²) in [6.45, 7) is 0. The Labute approximate surface area is 121 Å². The monoisotopic (exact) mass is 279 g/mol. The van der Waals surface area contributed by atoms with Crippen molar-refractivity contribution in [1.82, 2.24) is 10.2 Å². The van der Waals surface area contributed by atoms with Gasteiger partial charge in [-0.05, 0) is 29.8 Å². The second-order valence-electron chi connectivity index (χ2n) is 4.48. The predicted molar refractivity (Wildman–Crippen MR) is 79.1 cm³/mol. The number of H-pyrrole nitrogens is 1. The van der Waals surface area contributed by atoms with E-state index in [1.807, 2.05) is 36.4 Å². The van der Waals surface area contributed by atoms with Crippen LogP contribution in [0.5, 0.6) is 11.5 Å². The first-order valence-electron chi connectivity index (χ1n) is 6.40. The molecule has 0 saturated heterocycles. The number of nitrogens with zero attached hydrogens (tertiary/aromatic N) is 1. The number of benzene rings is 2. The number of nitrogens with two attached hydrogens (primary N) is 1. The third-order valence-corrected chi connectivity index (χ3v) is 3.05. The van der Waals surface area contributed by atoms with Crippen LogP contribution in [0, 0.1) is 0 Å². The minimum absolute atomic E-state index is 0.339. The Balaban J connectivity index is 2.03. The third kappa shape index (κ3) is 2.76. The van der Waals surface area contributed by atoms with Gasteiger partial charge in [0.25, 0.3) is 5.91 Å². The molecule has 21 heavy (non-hydrogen) atoms. The molecule has 3 rings (SSSR count). The molecule has 0 bridgehead atoms. The number of rotatable bonds is 4. The van der Waals surface area contributed by atoms with Crippen LogP contribution in [0.25, 0.3) is 11.1 Å². The van der Waals surface area contributed by atoms with Gasteiger partial charge in [-0.25, -0.2) is 0 Å². The SMILES string of the molecule is NC(=O)c1ccc(-c2cn[nH]c2)cc1Oc1ccccc1. The summed E-state index contributed by atoms with van der Waals surface area (Å²) in [4.78, 5) is 11.5. The first-order chi connectivity index (χ1) is 10.2. The van der Waals surface area contributed by atoms with E-state index < -0.39 is 5.91 Å². The van der Waals surface area contributed by atoms with E-state index in [1.165, 1.54) is 0 Å². The fourth-order valence-electron chi connectivity index (χ4n) is 2.01.